The molecule has 0 aromatic heterocycles. The first kappa shape index (κ1) is 14.9. The molecule has 20 heavy (non-hydrogen) atoms. The van der Waals surface area contributed by atoms with Gasteiger partial charge in [0, 0.05) is 6.92 Å². The van der Waals surface area contributed by atoms with E-state index in [1.807, 2.05) is 30.3 Å². The maximum atomic E-state index is 14.1. The lowest BCUT2D eigenvalue weighted by molar-refractivity contribution is -0.182. The van der Waals surface area contributed by atoms with E-state index in [9.17, 15) is 14.3 Å². The molecule has 1 heterocycles. The summed E-state index contributed by atoms with van der Waals surface area (Å²) in [5.74, 6) is -0.641. The van der Waals surface area contributed by atoms with E-state index in [1.165, 1.54) is 6.92 Å². The van der Waals surface area contributed by atoms with Crippen LogP contribution in [0.15, 0.2) is 30.3 Å². The number of alkyl halides is 1. The first-order valence-electron chi connectivity index (χ1n) is 6.35. The number of aliphatic hydroxyl groups excluding tert-OH is 1. The lowest BCUT2D eigenvalue weighted by atomic mass is 10.1. The quantitative estimate of drug-likeness (QED) is 0.823. The number of aliphatic hydroxyl groups is 1. The maximum absolute atomic E-state index is 14.1. The van der Waals surface area contributed by atoms with E-state index in [2.05, 4.69) is 0 Å². The van der Waals surface area contributed by atoms with Gasteiger partial charge in [-0.05, 0) is 5.56 Å². The van der Waals surface area contributed by atoms with Crippen LogP contribution in [0.25, 0.3) is 0 Å². The van der Waals surface area contributed by atoms with Gasteiger partial charge in [-0.15, -0.1) is 0 Å². The van der Waals surface area contributed by atoms with Crippen LogP contribution in [-0.2, 0) is 25.6 Å². The summed E-state index contributed by atoms with van der Waals surface area (Å²) in [6.45, 7) is 0.957. The van der Waals surface area contributed by atoms with E-state index in [-0.39, 0.29) is 6.61 Å². The van der Waals surface area contributed by atoms with E-state index >= 15 is 0 Å². The first-order valence-corrected chi connectivity index (χ1v) is 6.35. The molecule has 0 radical (unpaired) electrons. The van der Waals surface area contributed by atoms with Crippen molar-refractivity contribution in [2.45, 2.75) is 38.2 Å². The third-order valence-corrected chi connectivity index (χ3v) is 3.00. The number of halogens is 1. The Hall–Kier alpha value is -1.50. The normalized spacial score (nSPS) is 29.4. The maximum Gasteiger partial charge on any atom is 0.305 e. The average molecular weight is 284 g/mol. The minimum Gasteiger partial charge on any atom is -0.433 e. The van der Waals surface area contributed by atoms with Crippen LogP contribution >= 0.6 is 0 Å². The highest BCUT2D eigenvalue weighted by molar-refractivity contribution is 5.66. The Bertz CT molecular complexity index is 438. The summed E-state index contributed by atoms with van der Waals surface area (Å²) in [5.41, 5.74) is 0.882. The SMILES string of the molecule is CC(=O)O[C@@H]1O[C@H](CO)[C@@H](OCc2ccccc2)[C@@H]1F. The van der Waals surface area contributed by atoms with Crippen LogP contribution in [0.5, 0.6) is 0 Å². The van der Waals surface area contributed by atoms with Crippen molar-refractivity contribution in [2.24, 2.45) is 0 Å². The van der Waals surface area contributed by atoms with Crippen molar-refractivity contribution in [3.63, 3.8) is 0 Å². The van der Waals surface area contributed by atoms with Gasteiger partial charge in [0.15, 0.2) is 6.17 Å². The molecule has 0 spiro atoms. The van der Waals surface area contributed by atoms with Gasteiger partial charge in [0.1, 0.15) is 12.2 Å². The molecule has 1 aromatic carbocycles. The Kier molecular flexibility index (Phi) is 5.05. The van der Waals surface area contributed by atoms with E-state index in [0.29, 0.717) is 0 Å². The monoisotopic (exact) mass is 284 g/mol. The Balaban J connectivity index is 1.96. The first-order chi connectivity index (χ1) is 9.61. The van der Waals surface area contributed by atoms with Crippen molar-refractivity contribution >= 4 is 5.97 Å². The number of carbonyl (C=O) groups excluding carboxylic acids is 1. The largest absolute Gasteiger partial charge is 0.433 e. The molecule has 0 unspecified atom stereocenters. The molecule has 0 amide bonds. The van der Waals surface area contributed by atoms with Crippen molar-refractivity contribution in [3.05, 3.63) is 35.9 Å². The van der Waals surface area contributed by atoms with Crippen molar-refractivity contribution in [2.75, 3.05) is 6.61 Å². The minimum atomic E-state index is -1.63. The van der Waals surface area contributed by atoms with Crippen LogP contribution in [-0.4, -0.2) is 42.4 Å². The average Bonchev–Trinajstić information content (AvgIpc) is 2.73. The van der Waals surface area contributed by atoms with Gasteiger partial charge in [-0.25, -0.2) is 4.39 Å². The number of rotatable bonds is 5. The van der Waals surface area contributed by atoms with Gasteiger partial charge < -0.3 is 19.3 Å². The molecule has 2 rings (SSSR count). The van der Waals surface area contributed by atoms with Gasteiger partial charge in [-0.2, -0.15) is 0 Å². The highest BCUT2D eigenvalue weighted by atomic mass is 19.1. The molecule has 4 atom stereocenters. The lowest BCUT2D eigenvalue weighted by Gasteiger charge is -2.17. The Morgan fingerprint density at radius 1 is 1.40 bits per heavy atom. The van der Waals surface area contributed by atoms with E-state index in [4.69, 9.17) is 14.2 Å². The lowest BCUT2D eigenvalue weighted by Crippen LogP contribution is -2.34. The summed E-state index contributed by atoms with van der Waals surface area (Å²) in [4.78, 5) is 10.9. The molecule has 1 saturated heterocycles. The zero-order chi connectivity index (χ0) is 14.5. The van der Waals surface area contributed by atoms with E-state index in [0.717, 1.165) is 5.56 Å². The van der Waals surface area contributed by atoms with Gasteiger partial charge in [0.25, 0.3) is 0 Å². The van der Waals surface area contributed by atoms with E-state index < -0.39 is 37.2 Å². The number of ether oxygens (including phenoxy) is 3. The number of carbonyl (C=O) groups is 1. The van der Waals surface area contributed by atoms with Crippen LogP contribution < -0.4 is 0 Å². The third kappa shape index (κ3) is 3.53. The standard InChI is InChI=1S/C14H17FO5/c1-9(17)19-14-12(15)13(11(7-16)20-14)18-8-10-5-3-2-4-6-10/h2-6,11-14,16H,7-8H2,1H3/t11-,12+,13-,14-/m1/s1. The zero-order valence-corrected chi connectivity index (χ0v) is 11.1. The summed E-state index contributed by atoms with van der Waals surface area (Å²) < 4.78 is 29.4. The van der Waals surface area contributed by atoms with Crippen molar-refractivity contribution in [3.8, 4) is 0 Å². The summed E-state index contributed by atoms with van der Waals surface area (Å²) in [6, 6.07) is 9.26. The predicted octanol–water partition coefficient (Wildman–Crippen LogP) is 1.19. The fraction of sp³-hybridized carbons (Fsp3) is 0.500. The van der Waals surface area contributed by atoms with Gasteiger partial charge >= 0.3 is 5.97 Å². The van der Waals surface area contributed by atoms with E-state index in [1.54, 1.807) is 0 Å². The van der Waals surface area contributed by atoms with Crippen molar-refractivity contribution < 1.29 is 28.5 Å². The topological polar surface area (TPSA) is 65.0 Å². The molecule has 1 aliphatic rings. The van der Waals surface area contributed by atoms with Gasteiger partial charge in [0.05, 0.1) is 13.2 Å². The highest BCUT2D eigenvalue weighted by Gasteiger charge is 2.47. The molecule has 0 aliphatic carbocycles. The molecule has 1 fully saturated rings. The third-order valence-electron chi connectivity index (χ3n) is 3.00. The molecular weight excluding hydrogens is 267 g/mol. The molecule has 1 N–H and O–H groups in total. The Morgan fingerprint density at radius 3 is 2.70 bits per heavy atom. The molecule has 5 nitrogen and oxygen atoms in total. The molecule has 1 aromatic rings. The number of esters is 1. The molecule has 6 heteroatoms. The summed E-state index contributed by atoms with van der Waals surface area (Å²) >= 11 is 0. The highest BCUT2D eigenvalue weighted by Crippen LogP contribution is 2.28. The Morgan fingerprint density at radius 2 is 2.10 bits per heavy atom. The second kappa shape index (κ2) is 6.78. The summed E-state index contributed by atoms with van der Waals surface area (Å²) in [6.07, 6.45) is -4.77. The summed E-state index contributed by atoms with van der Waals surface area (Å²) in [5, 5.41) is 9.19. The van der Waals surface area contributed by atoms with Crippen molar-refractivity contribution in [1.82, 2.24) is 0 Å². The van der Waals surface area contributed by atoms with Crippen LogP contribution in [0.3, 0.4) is 0 Å². The van der Waals surface area contributed by atoms with Gasteiger partial charge in [0.2, 0.25) is 6.29 Å². The molecule has 110 valence electrons. The minimum absolute atomic E-state index is 0.193. The zero-order valence-electron chi connectivity index (χ0n) is 11.1. The second-order valence-electron chi connectivity index (χ2n) is 4.54. The van der Waals surface area contributed by atoms with Crippen molar-refractivity contribution in [1.29, 1.82) is 0 Å². The van der Waals surface area contributed by atoms with Crippen LogP contribution in [0, 0.1) is 0 Å². The van der Waals surface area contributed by atoms with Gasteiger partial charge in [-0.1, -0.05) is 30.3 Å². The van der Waals surface area contributed by atoms with Gasteiger partial charge in [-0.3, -0.25) is 4.79 Å². The van der Waals surface area contributed by atoms with Crippen LogP contribution in [0.2, 0.25) is 0 Å². The molecular formula is C14H17FO5. The fourth-order valence-electron chi connectivity index (χ4n) is 2.05. The second-order valence-corrected chi connectivity index (χ2v) is 4.54. The summed E-state index contributed by atoms with van der Waals surface area (Å²) in [7, 11) is 0. The number of hydrogen-bond donors (Lipinski definition) is 1. The number of benzene rings is 1. The molecule has 1 aliphatic heterocycles. The molecule has 0 saturated carbocycles. The fourth-order valence-corrected chi connectivity index (χ4v) is 2.05. The van der Waals surface area contributed by atoms with Crippen LogP contribution in [0.4, 0.5) is 4.39 Å². The smallest absolute Gasteiger partial charge is 0.305 e. The van der Waals surface area contributed by atoms with Crippen LogP contribution in [0.1, 0.15) is 12.5 Å². The predicted molar refractivity (Wildman–Crippen MR) is 67.4 cm³/mol. The molecule has 0 bridgehead atoms. The Labute approximate surface area is 116 Å². The number of hydrogen-bond acceptors (Lipinski definition) is 5.